The maximum Gasteiger partial charge on any atom is 0.164 e. The topological polar surface area (TPSA) is 17.1 Å². The van der Waals surface area contributed by atoms with Crippen LogP contribution < -0.4 is 0 Å². The number of fused-ring (bicyclic) bond motifs is 3. The fourth-order valence-electron chi connectivity index (χ4n) is 3.01. The zero-order valence-electron chi connectivity index (χ0n) is 10.2. The normalized spacial score (nSPS) is 17.5. The number of benzene rings is 2. The molecular formula is C17H11IO. The van der Waals surface area contributed by atoms with Crippen LogP contribution in [0.3, 0.4) is 0 Å². The molecular weight excluding hydrogens is 347 g/mol. The first kappa shape index (κ1) is 11.4. The highest BCUT2D eigenvalue weighted by Crippen LogP contribution is 2.41. The van der Waals surface area contributed by atoms with E-state index in [9.17, 15) is 4.79 Å². The number of hydrogen-bond acceptors (Lipinski definition) is 1. The van der Waals surface area contributed by atoms with E-state index in [0.29, 0.717) is 12.2 Å². The first-order valence-corrected chi connectivity index (χ1v) is 7.45. The summed E-state index contributed by atoms with van der Waals surface area (Å²) < 4.78 is 1.14. The van der Waals surface area contributed by atoms with E-state index in [-0.39, 0.29) is 0 Å². The fourth-order valence-corrected chi connectivity index (χ4v) is 3.67. The van der Waals surface area contributed by atoms with Gasteiger partial charge < -0.3 is 0 Å². The lowest BCUT2D eigenvalue weighted by Crippen LogP contribution is -2.06. The third-order valence-electron chi connectivity index (χ3n) is 3.92. The molecule has 1 nitrogen and oxygen atoms in total. The molecule has 2 aromatic carbocycles. The number of halogens is 1. The zero-order chi connectivity index (χ0) is 13.0. The molecule has 2 aliphatic carbocycles. The van der Waals surface area contributed by atoms with Crippen LogP contribution in [-0.2, 0) is 11.2 Å². The molecule has 0 radical (unpaired) electrons. The maximum absolute atomic E-state index is 12.1. The van der Waals surface area contributed by atoms with Gasteiger partial charge in [0.15, 0.2) is 5.78 Å². The van der Waals surface area contributed by atoms with Gasteiger partial charge in [0.25, 0.3) is 0 Å². The van der Waals surface area contributed by atoms with Crippen molar-refractivity contribution in [1.29, 1.82) is 0 Å². The Morgan fingerprint density at radius 3 is 2.53 bits per heavy atom. The van der Waals surface area contributed by atoms with Gasteiger partial charge >= 0.3 is 0 Å². The summed E-state index contributed by atoms with van der Waals surface area (Å²) in [7, 11) is 0. The lowest BCUT2D eigenvalue weighted by molar-refractivity contribution is -0.114. The minimum atomic E-state index is 0.294. The van der Waals surface area contributed by atoms with E-state index in [4.69, 9.17) is 0 Å². The Labute approximate surface area is 125 Å². The highest BCUT2D eigenvalue weighted by molar-refractivity contribution is 14.1. The van der Waals surface area contributed by atoms with Crippen LogP contribution in [0.5, 0.6) is 0 Å². The summed E-state index contributed by atoms with van der Waals surface area (Å²) in [5.41, 5.74) is 4.70. The number of allylic oxidation sites excluding steroid dienone is 4. The highest BCUT2D eigenvalue weighted by atomic mass is 127. The second-order valence-electron chi connectivity index (χ2n) is 5.12. The number of hydrogen-bond donors (Lipinski definition) is 0. The Hall–Kier alpha value is -1.42. The summed E-state index contributed by atoms with van der Waals surface area (Å²) in [6.45, 7) is 0. The van der Waals surface area contributed by atoms with Crippen LogP contribution >= 0.6 is 22.6 Å². The third kappa shape index (κ3) is 1.70. The van der Waals surface area contributed by atoms with Crippen molar-refractivity contribution < 1.29 is 4.79 Å². The van der Waals surface area contributed by atoms with Crippen LogP contribution in [0.4, 0.5) is 0 Å². The number of Topliss-reactive ketones (excluding diaryl/α,β-unsaturated/α-hetero) is 1. The molecule has 4 rings (SSSR count). The maximum atomic E-state index is 12.1. The number of carbonyl (C=O) groups excluding carboxylic acids is 1. The summed E-state index contributed by atoms with van der Waals surface area (Å²) in [4.78, 5) is 12.1. The van der Waals surface area contributed by atoms with Crippen LogP contribution in [0, 0.1) is 0 Å². The van der Waals surface area contributed by atoms with Crippen molar-refractivity contribution >= 4 is 44.7 Å². The van der Waals surface area contributed by atoms with E-state index in [1.807, 2.05) is 0 Å². The quantitative estimate of drug-likeness (QED) is 0.637. The Morgan fingerprint density at radius 2 is 1.74 bits per heavy atom. The molecule has 2 aromatic rings. The Balaban J connectivity index is 1.99. The van der Waals surface area contributed by atoms with Gasteiger partial charge in [0.2, 0.25) is 0 Å². The molecule has 0 unspecified atom stereocenters. The Kier molecular flexibility index (Phi) is 2.42. The molecule has 0 aliphatic heterocycles. The average Bonchev–Trinajstić information content (AvgIpc) is 2.74. The summed E-state index contributed by atoms with van der Waals surface area (Å²) >= 11 is 2.27. The molecule has 0 heterocycles. The van der Waals surface area contributed by atoms with E-state index in [1.54, 1.807) is 0 Å². The van der Waals surface area contributed by atoms with Crippen molar-refractivity contribution in [2.75, 3.05) is 0 Å². The summed E-state index contributed by atoms with van der Waals surface area (Å²) in [6, 6.07) is 12.8. The van der Waals surface area contributed by atoms with Gasteiger partial charge in [0.1, 0.15) is 0 Å². The van der Waals surface area contributed by atoms with Gasteiger partial charge in [-0.3, -0.25) is 4.79 Å². The summed E-state index contributed by atoms with van der Waals surface area (Å²) in [5.74, 6) is 0.294. The van der Waals surface area contributed by atoms with Crippen LogP contribution in [-0.4, -0.2) is 5.78 Å². The highest BCUT2D eigenvalue weighted by Gasteiger charge is 2.28. The van der Waals surface area contributed by atoms with Gasteiger partial charge in [0, 0.05) is 18.4 Å². The van der Waals surface area contributed by atoms with Crippen LogP contribution in [0.15, 0.2) is 51.6 Å². The minimum absolute atomic E-state index is 0.294. The molecule has 0 spiro atoms. The lowest BCUT2D eigenvalue weighted by Gasteiger charge is -2.10. The van der Waals surface area contributed by atoms with Gasteiger partial charge in [-0.1, -0.05) is 30.3 Å². The number of rotatable bonds is 0. The minimum Gasteiger partial charge on any atom is -0.294 e. The van der Waals surface area contributed by atoms with Crippen molar-refractivity contribution in [1.82, 2.24) is 0 Å². The van der Waals surface area contributed by atoms with Crippen molar-refractivity contribution in [2.45, 2.75) is 12.8 Å². The van der Waals surface area contributed by atoms with Crippen LogP contribution in [0.2, 0.25) is 0 Å². The Bertz CT molecular complexity index is 796. The van der Waals surface area contributed by atoms with Crippen molar-refractivity contribution in [3.63, 3.8) is 0 Å². The second-order valence-corrected chi connectivity index (χ2v) is 6.50. The molecule has 0 fully saturated rings. The molecule has 0 N–H and O–H groups in total. The lowest BCUT2D eigenvalue weighted by atomic mass is 9.96. The van der Waals surface area contributed by atoms with E-state index in [2.05, 4.69) is 65.1 Å². The number of carbonyl (C=O) groups is 1. The molecule has 0 saturated carbocycles. The molecule has 2 heteroatoms. The van der Waals surface area contributed by atoms with Gasteiger partial charge in [-0.15, -0.1) is 0 Å². The SMILES string of the molecule is O=C1CC(I)=CC2=C1Cc1cc3ccccc3cc12. The number of ketones is 1. The standard InChI is InChI=1S/C17H11IO/c18-13-8-15-14-6-11-4-2-1-3-10(11)5-12(14)7-16(15)17(19)9-13/h1-6,8H,7,9H2. The predicted molar refractivity (Wildman–Crippen MR) is 86.3 cm³/mol. The van der Waals surface area contributed by atoms with Crippen LogP contribution in [0.1, 0.15) is 17.5 Å². The average molecular weight is 358 g/mol. The van der Waals surface area contributed by atoms with Crippen LogP contribution in [0.25, 0.3) is 16.3 Å². The smallest absolute Gasteiger partial charge is 0.164 e. The largest absolute Gasteiger partial charge is 0.294 e. The second kappa shape index (κ2) is 4.04. The zero-order valence-corrected chi connectivity index (χ0v) is 12.4. The van der Waals surface area contributed by atoms with Crippen molar-refractivity contribution in [3.8, 4) is 0 Å². The molecule has 0 bridgehead atoms. The molecule has 92 valence electrons. The van der Waals surface area contributed by atoms with E-state index in [1.165, 1.54) is 21.9 Å². The molecule has 0 atom stereocenters. The van der Waals surface area contributed by atoms with Gasteiger partial charge in [-0.05, 0) is 65.8 Å². The van der Waals surface area contributed by atoms with E-state index in [0.717, 1.165) is 21.1 Å². The van der Waals surface area contributed by atoms with Crippen molar-refractivity contribution in [3.05, 3.63) is 62.8 Å². The predicted octanol–water partition coefficient (Wildman–Crippen LogP) is 4.44. The summed E-state index contributed by atoms with van der Waals surface area (Å²) in [5, 5.41) is 2.50. The summed E-state index contributed by atoms with van der Waals surface area (Å²) in [6.07, 6.45) is 3.56. The van der Waals surface area contributed by atoms with Crippen molar-refractivity contribution in [2.24, 2.45) is 0 Å². The van der Waals surface area contributed by atoms with E-state index >= 15 is 0 Å². The fraction of sp³-hybridized carbons (Fsp3) is 0.118. The molecule has 0 saturated heterocycles. The molecule has 0 amide bonds. The third-order valence-corrected chi connectivity index (χ3v) is 4.61. The Morgan fingerprint density at radius 1 is 1.00 bits per heavy atom. The van der Waals surface area contributed by atoms with E-state index < -0.39 is 0 Å². The molecule has 0 aromatic heterocycles. The first-order valence-electron chi connectivity index (χ1n) is 6.37. The monoisotopic (exact) mass is 358 g/mol. The first-order chi connectivity index (χ1) is 9.22. The molecule has 19 heavy (non-hydrogen) atoms. The van der Waals surface area contributed by atoms with Gasteiger partial charge in [-0.2, -0.15) is 0 Å². The molecule has 2 aliphatic rings. The van der Waals surface area contributed by atoms with Gasteiger partial charge in [0.05, 0.1) is 0 Å². The van der Waals surface area contributed by atoms with Gasteiger partial charge in [-0.25, -0.2) is 0 Å².